The molecule has 2 unspecified atom stereocenters. The molecule has 3 aliphatic heterocycles. The zero-order valence-corrected chi connectivity index (χ0v) is 19.4. The largest absolute Gasteiger partial charge is 0.493 e. The Morgan fingerprint density at radius 1 is 1.12 bits per heavy atom. The van der Waals surface area contributed by atoms with Crippen molar-refractivity contribution < 1.29 is 28.5 Å². The fraction of sp³-hybridized carbons (Fsp3) is 0.385. The fourth-order valence-corrected chi connectivity index (χ4v) is 5.35. The molecule has 8 nitrogen and oxygen atoms in total. The normalized spacial score (nSPS) is 26.5. The van der Waals surface area contributed by atoms with Crippen molar-refractivity contribution in [2.24, 2.45) is 11.8 Å². The lowest BCUT2D eigenvalue weighted by Crippen LogP contribution is -2.41. The van der Waals surface area contributed by atoms with Gasteiger partial charge in [-0.1, -0.05) is 42.5 Å². The number of benzene rings is 2. The molecule has 2 aromatic carbocycles. The van der Waals surface area contributed by atoms with Gasteiger partial charge in [-0.25, -0.2) is 0 Å². The van der Waals surface area contributed by atoms with Gasteiger partial charge in [0.1, 0.15) is 5.60 Å². The summed E-state index contributed by atoms with van der Waals surface area (Å²) in [6.07, 6.45) is 4.20. The van der Waals surface area contributed by atoms with Gasteiger partial charge >= 0.3 is 0 Å². The Hall–Kier alpha value is -3.52. The zero-order valence-electron chi connectivity index (χ0n) is 19.4. The Kier molecular flexibility index (Phi) is 5.69. The van der Waals surface area contributed by atoms with Crippen LogP contribution in [0.3, 0.4) is 0 Å². The number of amides is 2. The number of hydrogen-bond acceptors (Lipinski definition) is 6. The third kappa shape index (κ3) is 3.58. The third-order valence-electron chi connectivity index (χ3n) is 6.93. The number of nitrogens with zero attached hydrogens (tertiary/aromatic N) is 1. The highest BCUT2D eigenvalue weighted by Gasteiger charge is 2.66. The quantitative estimate of drug-likeness (QED) is 0.605. The number of likely N-dealkylation sites (tertiary alicyclic amines) is 1. The lowest BCUT2D eigenvalue weighted by molar-refractivity contribution is -0.135. The number of carbonyl (C=O) groups excluding carboxylic acids is 2. The van der Waals surface area contributed by atoms with Crippen LogP contribution in [0.5, 0.6) is 17.2 Å². The molecule has 3 aliphatic rings. The van der Waals surface area contributed by atoms with E-state index in [-0.39, 0.29) is 11.8 Å². The van der Waals surface area contributed by atoms with Crippen molar-refractivity contribution in [2.75, 3.05) is 39.7 Å². The molecule has 34 heavy (non-hydrogen) atoms. The van der Waals surface area contributed by atoms with Gasteiger partial charge in [-0.3, -0.25) is 9.59 Å². The Balaban J connectivity index is 1.34. The van der Waals surface area contributed by atoms with Crippen LogP contribution in [0.2, 0.25) is 0 Å². The van der Waals surface area contributed by atoms with Gasteiger partial charge in [0, 0.05) is 24.4 Å². The van der Waals surface area contributed by atoms with E-state index in [2.05, 4.69) is 17.4 Å². The van der Waals surface area contributed by atoms with E-state index in [4.69, 9.17) is 18.9 Å². The molecule has 4 atom stereocenters. The minimum Gasteiger partial charge on any atom is -0.493 e. The van der Waals surface area contributed by atoms with E-state index in [0.717, 1.165) is 6.42 Å². The van der Waals surface area contributed by atoms with Gasteiger partial charge in [0.25, 0.3) is 0 Å². The zero-order chi connectivity index (χ0) is 23.9. The van der Waals surface area contributed by atoms with Crippen LogP contribution in [-0.4, -0.2) is 62.8 Å². The smallest absolute Gasteiger partial charge is 0.231 e. The topological polar surface area (TPSA) is 86.3 Å². The summed E-state index contributed by atoms with van der Waals surface area (Å²) in [7, 11) is 4.55. The Labute approximate surface area is 198 Å². The number of hydrogen-bond donors (Lipinski definition) is 1. The second kappa shape index (κ2) is 8.68. The molecule has 2 bridgehead atoms. The molecule has 2 aromatic rings. The number of rotatable bonds is 8. The number of carbonyl (C=O) groups is 2. The highest BCUT2D eigenvalue weighted by molar-refractivity contribution is 5.99. The summed E-state index contributed by atoms with van der Waals surface area (Å²) in [4.78, 5) is 28.7. The maximum atomic E-state index is 13.4. The molecule has 178 valence electrons. The molecule has 5 rings (SSSR count). The van der Waals surface area contributed by atoms with Crippen molar-refractivity contribution in [3.63, 3.8) is 0 Å². The van der Waals surface area contributed by atoms with Crippen molar-refractivity contribution in [3.8, 4) is 17.2 Å². The molecule has 0 aliphatic carbocycles. The van der Waals surface area contributed by atoms with E-state index in [1.807, 2.05) is 35.3 Å². The van der Waals surface area contributed by atoms with Gasteiger partial charge in [0.2, 0.25) is 17.6 Å². The Bertz CT molecular complexity index is 1110. The van der Waals surface area contributed by atoms with Gasteiger partial charge in [0.05, 0.1) is 45.8 Å². The maximum Gasteiger partial charge on any atom is 0.231 e. The van der Waals surface area contributed by atoms with Crippen LogP contribution >= 0.6 is 0 Å². The highest BCUT2D eigenvalue weighted by Crippen LogP contribution is 2.52. The second-order valence-electron chi connectivity index (χ2n) is 8.80. The van der Waals surface area contributed by atoms with Crippen molar-refractivity contribution in [1.82, 2.24) is 4.90 Å². The van der Waals surface area contributed by atoms with Crippen molar-refractivity contribution in [1.29, 1.82) is 0 Å². The second-order valence-corrected chi connectivity index (χ2v) is 8.80. The summed E-state index contributed by atoms with van der Waals surface area (Å²) in [6, 6.07) is 13.4. The molecule has 2 fully saturated rings. The van der Waals surface area contributed by atoms with E-state index in [1.54, 1.807) is 12.1 Å². The molecule has 3 heterocycles. The Morgan fingerprint density at radius 3 is 2.47 bits per heavy atom. The van der Waals surface area contributed by atoms with E-state index in [9.17, 15) is 9.59 Å². The summed E-state index contributed by atoms with van der Waals surface area (Å²) in [6.45, 7) is 1.05. The van der Waals surface area contributed by atoms with E-state index in [1.165, 1.54) is 26.9 Å². The minimum atomic E-state index is -0.740. The molecule has 2 saturated heterocycles. The van der Waals surface area contributed by atoms with E-state index < -0.39 is 23.5 Å². The van der Waals surface area contributed by atoms with Gasteiger partial charge in [-0.2, -0.15) is 0 Å². The van der Waals surface area contributed by atoms with Crippen LogP contribution in [0.25, 0.3) is 0 Å². The predicted molar refractivity (Wildman–Crippen MR) is 125 cm³/mol. The van der Waals surface area contributed by atoms with Crippen LogP contribution in [0.1, 0.15) is 5.56 Å². The van der Waals surface area contributed by atoms with Gasteiger partial charge < -0.3 is 29.2 Å². The molecule has 1 N–H and O–H groups in total. The summed E-state index contributed by atoms with van der Waals surface area (Å²) in [5, 5.41) is 2.93. The first-order valence-corrected chi connectivity index (χ1v) is 11.3. The number of nitrogens with one attached hydrogen (secondary N) is 1. The van der Waals surface area contributed by atoms with Gasteiger partial charge in [-0.15, -0.1) is 0 Å². The van der Waals surface area contributed by atoms with E-state index >= 15 is 0 Å². The highest BCUT2D eigenvalue weighted by atomic mass is 16.5. The average molecular weight is 465 g/mol. The molecular formula is C26H28N2O6. The summed E-state index contributed by atoms with van der Waals surface area (Å²) >= 11 is 0. The lowest BCUT2D eigenvalue weighted by atomic mass is 9.77. The fourth-order valence-electron chi connectivity index (χ4n) is 5.35. The van der Waals surface area contributed by atoms with Crippen LogP contribution in [0.4, 0.5) is 5.69 Å². The van der Waals surface area contributed by atoms with Crippen LogP contribution in [0.15, 0.2) is 54.6 Å². The molecule has 8 heteroatoms. The molecule has 0 radical (unpaired) electrons. The standard InChI is InChI=1S/C26H28N2O6/c1-31-19-13-17(14-20(32-2)23(19)33-3)27-24(29)21-18-9-11-26(34-18)15-28(25(30)22(21)26)12-10-16-7-5-4-6-8-16/h4-9,11,13-14,18,21-22H,10,12,15H2,1-3H3,(H,27,29)/t18-,21?,22?,26+/m1/s1. The first kappa shape index (κ1) is 22.3. The SMILES string of the molecule is COc1cc(NC(=O)C2C3C(=O)N(CCc4ccccc4)C[C@@]34C=C[C@H]2O4)cc(OC)c1OC. The molecule has 1 spiro atoms. The monoisotopic (exact) mass is 464 g/mol. The lowest BCUT2D eigenvalue weighted by Gasteiger charge is -2.24. The Morgan fingerprint density at radius 2 is 1.82 bits per heavy atom. The van der Waals surface area contributed by atoms with Crippen LogP contribution in [-0.2, 0) is 20.7 Å². The molecule has 2 amide bonds. The summed E-state index contributed by atoms with van der Waals surface area (Å²) in [5.41, 5.74) is 0.921. The summed E-state index contributed by atoms with van der Waals surface area (Å²) in [5.74, 6) is -0.156. The number of fused-ring (bicyclic) bond motifs is 1. The molecular weight excluding hydrogens is 436 g/mol. The third-order valence-corrected chi connectivity index (χ3v) is 6.93. The van der Waals surface area contributed by atoms with E-state index in [0.29, 0.717) is 36.0 Å². The molecule has 0 saturated carbocycles. The number of anilines is 1. The van der Waals surface area contributed by atoms with Crippen LogP contribution < -0.4 is 19.5 Å². The average Bonchev–Trinajstić information content (AvgIpc) is 3.50. The van der Waals surface area contributed by atoms with Crippen LogP contribution in [0, 0.1) is 11.8 Å². The first-order chi connectivity index (χ1) is 16.5. The van der Waals surface area contributed by atoms with Gasteiger partial charge in [0.15, 0.2) is 11.5 Å². The number of ether oxygens (including phenoxy) is 4. The van der Waals surface area contributed by atoms with Crippen molar-refractivity contribution in [3.05, 3.63) is 60.2 Å². The van der Waals surface area contributed by atoms with Crippen molar-refractivity contribution >= 4 is 17.5 Å². The maximum absolute atomic E-state index is 13.4. The number of methoxy groups -OCH3 is 3. The molecule has 0 aromatic heterocycles. The summed E-state index contributed by atoms with van der Waals surface area (Å²) < 4.78 is 22.4. The first-order valence-electron chi connectivity index (χ1n) is 11.3. The van der Waals surface area contributed by atoms with Gasteiger partial charge in [-0.05, 0) is 12.0 Å². The minimum absolute atomic E-state index is 0.0344. The van der Waals surface area contributed by atoms with Crippen molar-refractivity contribution in [2.45, 2.75) is 18.1 Å². The predicted octanol–water partition coefficient (Wildman–Crippen LogP) is 2.68.